The second kappa shape index (κ2) is 6.88. The molecule has 0 heterocycles. The number of carbonyl (C=O) groups excluding carboxylic acids is 2. The van der Waals surface area contributed by atoms with E-state index in [-0.39, 0.29) is 18.7 Å². The Labute approximate surface area is 127 Å². The summed E-state index contributed by atoms with van der Waals surface area (Å²) in [5.41, 5.74) is 1.11. The molecule has 110 valence electrons. The predicted octanol–water partition coefficient (Wildman–Crippen LogP) is 2.64. The molecule has 1 rings (SSSR count). The van der Waals surface area contributed by atoms with Gasteiger partial charge >= 0.3 is 0 Å². The van der Waals surface area contributed by atoms with Gasteiger partial charge in [-0.25, -0.2) is 0 Å². The first-order chi connectivity index (χ1) is 9.25. The van der Waals surface area contributed by atoms with Crippen LogP contribution in [0, 0.1) is 12.3 Å². The maximum atomic E-state index is 12.1. The van der Waals surface area contributed by atoms with E-state index in [1.165, 1.54) is 0 Å². The van der Waals surface area contributed by atoms with E-state index >= 15 is 0 Å². The van der Waals surface area contributed by atoms with Gasteiger partial charge < -0.3 is 15.2 Å². The number of benzene rings is 1. The third-order valence-corrected chi connectivity index (χ3v) is 3.97. The van der Waals surface area contributed by atoms with Crippen LogP contribution in [0.25, 0.3) is 0 Å². The summed E-state index contributed by atoms with van der Waals surface area (Å²) in [6.07, 6.45) is 0.650. The maximum Gasteiger partial charge on any atom is 0.224 e. The fraction of sp³-hybridized carbons (Fsp3) is 0.467. The average molecular weight is 341 g/mol. The van der Waals surface area contributed by atoms with Gasteiger partial charge in [-0.1, -0.05) is 29.8 Å². The lowest BCUT2D eigenvalue weighted by Crippen LogP contribution is -2.33. The van der Waals surface area contributed by atoms with E-state index in [2.05, 4.69) is 21.2 Å². The average Bonchev–Trinajstić information content (AvgIpc) is 2.31. The minimum absolute atomic E-state index is 0.115. The number of hydrogen-bond donors (Lipinski definition) is 1. The van der Waals surface area contributed by atoms with Crippen LogP contribution in [0.15, 0.2) is 22.7 Å². The number of carboxylic acids is 1. The molecule has 1 amide bonds. The van der Waals surface area contributed by atoms with Crippen LogP contribution in [-0.2, 0) is 9.59 Å². The molecule has 1 aromatic carbocycles. The highest BCUT2D eigenvalue weighted by Crippen LogP contribution is 2.30. The van der Waals surface area contributed by atoms with Crippen LogP contribution < -0.4 is 10.4 Å². The van der Waals surface area contributed by atoms with Gasteiger partial charge in [0.1, 0.15) is 0 Å². The van der Waals surface area contributed by atoms with E-state index in [9.17, 15) is 14.7 Å². The van der Waals surface area contributed by atoms with Gasteiger partial charge in [-0.05, 0) is 48.9 Å². The van der Waals surface area contributed by atoms with Crippen LogP contribution in [0.3, 0.4) is 0 Å². The van der Waals surface area contributed by atoms with Crippen molar-refractivity contribution in [2.24, 2.45) is 5.41 Å². The van der Waals surface area contributed by atoms with Crippen molar-refractivity contribution in [3.8, 4) is 0 Å². The number of hydrogen-bond acceptors (Lipinski definition) is 3. The Kier molecular flexibility index (Phi) is 5.74. The highest BCUT2D eigenvalue weighted by atomic mass is 79.9. The van der Waals surface area contributed by atoms with Gasteiger partial charge in [-0.2, -0.15) is 0 Å². The summed E-state index contributed by atoms with van der Waals surface area (Å²) in [6.45, 7) is 5.57. The Morgan fingerprint density at radius 3 is 2.50 bits per heavy atom. The topological polar surface area (TPSA) is 69.2 Å². The maximum absolute atomic E-state index is 12.1. The molecular formula is C15H19BrNO3-. The predicted molar refractivity (Wildman–Crippen MR) is 80.1 cm³/mol. The Morgan fingerprint density at radius 2 is 2.00 bits per heavy atom. The number of nitrogens with one attached hydrogen (secondary N) is 1. The summed E-state index contributed by atoms with van der Waals surface area (Å²) in [7, 11) is 0. The zero-order valence-corrected chi connectivity index (χ0v) is 13.5. The molecular weight excluding hydrogens is 322 g/mol. The Morgan fingerprint density at radius 1 is 1.35 bits per heavy atom. The van der Waals surface area contributed by atoms with Crippen LogP contribution in [0.1, 0.15) is 38.7 Å². The summed E-state index contributed by atoms with van der Waals surface area (Å²) >= 11 is 3.36. The Bertz CT molecular complexity index is 516. The van der Waals surface area contributed by atoms with Crippen LogP contribution in [0.4, 0.5) is 5.69 Å². The largest absolute Gasteiger partial charge is 0.550 e. The SMILES string of the molecule is CC[C@](C)(CC(=O)[O-])CC(=O)Nc1ccc(Br)cc1C. The second-order valence-electron chi connectivity index (χ2n) is 5.40. The number of anilines is 1. The van der Waals surface area contributed by atoms with Crippen molar-refractivity contribution < 1.29 is 14.7 Å². The molecule has 0 radical (unpaired) electrons. The lowest BCUT2D eigenvalue weighted by atomic mass is 9.80. The minimum atomic E-state index is -1.12. The van der Waals surface area contributed by atoms with Crippen LogP contribution in [-0.4, -0.2) is 11.9 Å². The van der Waals surface area contributed by atoms with Gasteiger partial charge in [-0.3, -0.25) is 4.79 Å². The summed E-state index contributed by atoms with van der Waals surface area (Å²) in [5, 5.41) is 13.6. The lowest BCUT2D eigenvalue weighted by molar-refractivity contribution is -0.308. The molecule has 1 N–H and O–H groups in total. The molecule has 4 nitrogen and oxygen atoms in total. The number of amides is 1. The number of carboxylic acid groups (broad SMARTS) is 1. The zero-order chi connectivity index (χ0) is 15.3. The molecule has 0 unspecified atom stereocenters. The van der Waals surface area contributed by atoms with Gasteiger partial charge in [0.15, 0.2) is 0 Å². The Hall–Kier alpha value is -1.36. The first-order valence-corrected chi connectivity index (χ1v) is 7.31. The van der Waals surface area contributed by atoms with Gasteiger partial charge in [0, 0.05) is 22.6 Å². The van der Waals surface area contributed by atoms with Gasteiger partial charge in [0.05, 0.1) is 0 Å². The van der Waals surface area contributed by atoms with Crippen LogP contribution in [0.5, 0.6) is 0 Å². The number of aryl methyl sites for hydroxylation is 1. The minimum Gasteiger partial charge on any atom is -0.550 e. The van der Waals surface area contributed by atoms with Crippen molar-refractivity contribution >= 4 is 33.5 Å². The summed E-state index contributed by atoms with van der Waals surface area (Å²) in [5.74, 6) is -1.30. The fourth-order valence-corrected chi connectivity index (χ4v) is 2.49. The molecule has 1 atom stereocenters. The van der Waals surface area contributed by atoms with Crippen molar-refractivity contribution in [3.63, 3.8) is 0 Å². The molecule has 0 aliphatic carbocycles. The smallest absolute Gasteiger partial charge is 0.224 e. The number of carbonyl (C=O) groups is 2. The quantitative estimate of drug-likeness (QED) is 0.865. The van der Waals surface area contributed by atoms with Crippen LogP contribution >= 0.6 is 15.9 Å². The highest BCUT2D eigenvalue weighted by Gasteiger charge is 2.26. The molecule has 0 aromatic heterocycles. The molecule has 0 aliphatic heterocycles. The third-order valence-electron chi connectivity index (χ3n) is 3.47. The van der Waals surface area contributed by atoms with Gasteiger partial charge in [-0.15, -0.1) is 0 Å². The van der Waals surface area contributed by atoms with Crippen molar-refractivity contribution in [1.29, 1.82) is 0 Å². The molecule has 0 spiro atoms. The summed E-state index contributed by atoms with van der Waals surface area (Å²) < 4.78 is 0.948. The van der Waals surface area contributed by atoms with E-state index in [0.717, 1.165) is 15.7 Å². The van der Waals surface area contributed by atoms with Gasteiger partial charge in [0.25, 0.3) is 0 Å². The molecule has 20 heavy (non-hydrogen) atoms. The van der Waals surface area contributed by atoms with Crippen molar-refractivity contribution in [1.82, 2.24) is 0 Å². The molecule has 0 bridgehead atoms. The highest BCUT2D eigenvalue weighted by molar-refractivity contribution is 9.10. The third kappa shape index (κ3) is 4.96. The van der Waals surface area contributed by atoms with Crippen LogP contribution in [0.2, 0.25) is 0 Å². The molecule has 0 saturated carbocycles. The van der Waals surface area contributed by atoms with E-state index in [0.29, 0.717) is 6.42 Å². The van der Waals surface area contributed by atoms with E-state index in [1.54, 1.807) is 6.92 Å². The second-order valence-corrected chi connectivity index (χ2v) is 6.31. The summed E-state index contributed by atoms with van der Waals surface area (Å²) in [4.78, 5) is 22.8. The van der Waals surface area contributed by atoms with E-state index in [1.807, 2.05) is 32.0 Å². The number of aliphatic carboxylic acids is 1. The van der Waals surface area contributed by atoms with Crippen molar-refractivity contribution in [3.05, 3.63) is 28.2 Å². The summed E-state index contributed by atoms with van der Waals surface area (Å²) in [6, 6.07) is 5.58. The first-order valence-electron chi connectivity index (χ1n) is 6.51. The standard InChI is InChI=1S/C15H20BrNO3/c1-4-15(3,9-14(19)20)8-13(18)17-12-6-5-11(16)7-10(12)2/h5-7H,4,8-9H2,1-3H3,(H,17,18)(H,19,20)/p-1/t15-/m0/s1. The fourth-order valence-electron chi connectivity index (χ4n) is 2.01. The molecule has 0 fully saturated rings. The molecule has 0 saturated heterocycles. The number of halogens is 1. The first kappa shape index (κ1) is 16.7. The molecule has 5 heteroatoms. The monoisotopic (exact) mass is 340 g/mol. The van der Waals surface area contributed by atoms with Crippen molar-refractivity contribution in [2.75, 3.05) is 5.32 Å². The van der Waals surface area contributed by atoms with E-state index in [4.69, 9.17) is 0 Å². The normalized spacial score (nSPS) is 13.6. The number of rotatable bonds is 6. The van der Waals surface area contributed by atoms with Gasteiger partial charge in [0.2, 0.25) is 5.91 Å². The van der Waals surface area contributed by atoms with Crippen molar-refractivity contribution in [2.45, 2.75) is 40.0 Å². The Balaban J connectivity index is 2.73. The molecule has 0 aliphatic rings. The zero-order valence-electron chi connectivity index (χ0n) is 12.0. The van der Waals surface area contributed by atoms with E-state index < -0.39 is 11.4 Å². The molecule has 1 aromatic rings. The lowest BCUT2D eigenvalue weighted by Gasteiger charge is -2.28.